The number of aromatic carboxylic acids is 1. The fourth-order valence-corrected chi connectivity index (χ4v) is 2.78. The maximum absolute atomic E-state index is 10.9. The van der Waals surface area contributed by atoms with Crippen molar-refractivity contribution in [1.82, 2.24) is 5.32 Å². The van der Waals surface area contributed by atoms with Crippen LogP contribution in [0.1, 0.15) is 60.9 Å². The van der Waals surface area contributed by atoms with Crippen molar-refractivity contribution in [3.63, 3.8) is 0 Å². The van der Waals surface area contributed by atoms with E-state index in [0.29, 0.717) is 23.9 Å². The summed E-state index contributed by atoms with van der Waals surface area (Å²) in [6.45, 7) is 4.70. The van der Waals surface area contributed by atoms with E-state index in [0.717, 1.165) is 5.92 Å². The molecule has 2 unspecified atom stereocenters. The minimum absolute atomic E-state index is 0.0614. The first kappa shape index (κ1) is 14.1. The van der Waals surface area contributed by atoms with E-state index in [1.54, 1.807) is 6.92 Å². The van der Waals surface area contributed by atoms with Crippen molar-refractivity contribution in [2.45, 2.75) is 58.5 Å². The van der Waals surface area contributed by atoms with Crippen molar-refractivity contribution >= 4 is 5.97 Å². The standard InChI is InChI=1S/C15H23NO3/c1-10-4-3-5-12(7-6-10)16-9-13-8-11(2)14(19-13)15(17)18/h8,10,12,16H,3-7,9H2,1-2H3,(H,17,18). The summed E-state index contributed by atoms with van der Waals surface area (Å²) in [5, 5.41) is 12.4. The zero-order valence-corrected chi connectivity index (χ0v) is 11.7. The molecule has 1 fully saturated rings. The molecule has 2 N–H and O–H groups in total. The number of hydrogen-bond acceptors (Lipinski definition) is 3. The second-order valence-electron chi connectivity index (χ2n) is 5.72. The molecule has 0 amide bonds. The molecular formula is C15H23NO3. The summed E-state index contributed by atoms with van der Waals surface area (Å²) in [6, 6.07) is 2.35. The summed E-state index contributed by atoms with van der Waals surface area (Å²) < 4.78 is 5.36. The monoisotopic (exact) mass is 265 g/mol. The molecule has 1 aliphatic carbocycles. The van der Waals surface area contributed by atoms with Crippen LogP contribution in [0.25, 0.3) is 0 Å². The molecule has 1 aliphatic rings. The third kappa shape index (κ3) is 3.83. The number of aryl methyl sites for hydroxylation is 1. The summed E-state index contributed by atoms with van der Waals surface area (Å²) in [4.78, 5) is 10.9. The van der Waals surface area contributed by atoms with Gasteiger partial charge < -0.3 is 14.8 Å². The first-order valence-electron chi connectivity index (χ1n) is 7.12. The molecule has 106 valence electrons. The highest BCUT2D eigenvalue weighted by Crippen LogP contribution is 2.23. The Morgan fingerprint density at radius 1 is 1.42 bits per heavy atom. The number of carboxylic acid groups (broad SMARTS) is 1. The molecule has 4 nitrogen and oxygen atoms in total. The van der Waals surface area contributed by atoms with Gasteiger partial charge in [-0.15, -0.1) is 0 Å². The Morgan fingerprint density at radius 3 is 2.89 bits per heavy atom. The first-order chi connectivity index (χ1) is 9.06. The van der Waals surface area contributed by atoms with Crippen LogP contribution < -0.4 is 5.32 Å². The van der Waals surface area contributed by atoms with E-state index in [-0.39, 0.29) is 5.76 Å². The summed E-state index contributed by atoms with van der Waals surface area (Å²) in [7, 11) is 0. The Hall–Kier alpha value is -1.29. The lowest BCUT2D eigenvalue weighted by molar-refractivity contribution is 0.0659. The lowest BCUT2D eigenvalue weighted by Crippen LogP contribution is -2.27. The van der Waals surface area contributed by atoms with E-state index in [4.69, 9.17) is 9.52 Å². The minimum atomic E-state index is -0.993. The zero-order valence-electron chi connectivity index (χ0n) is 11.7. The average molecular weight is 265 g/mol. The number of carboxylic acids is 1. The van der Waals surface area contributed by atoms with Crippen LogP contribution in [0, 0.1) is 12.8 Å². The lowest BCUT2D eigenvalue weighted by atomic mass is 10.0. The van der Waals surface area contributed by atoms with Gasteiger partial charge in [0.2, 0.25) is 5.76 Å². The van der Waals surface area contributed by atoms with Crippen molar-refractivity contribution in [3.05, 3.63) is 23.2 Å². The highest BCUT2D eigenvalue weighted by atomic mass is 16.4. The van der Waals surface area contributed by atoms with Gasteiger partial charge >= 0.3 is 5.97 Å². The summed E-state index contributed by atoms with van der Waals surface area (Å²) in [6.07, 6.45) is 6.27. The molecule has 19 heavy (non-hydrogen) atoms. The fourth-order valence-electron chi connectivity index (χ4n) is 2.78. The van der Waals surface area contributed by atoms with Crippen LogP contribution in [0.3, 0.4) is 0 Å². The molecule has 0 bridgehead atoms. The van der Waals surface area contributed by atoms with Crippen LogP contribution in [-0.2, 0) is 6.54 Å². The zero-order chi connectivity index (χ0) is 13.8. The van der Waals surface area contributed by atoms with Gasteiger partial charge in [0.05, 0.1) is 6.54 Å². The maximum Gasteiger partial charge on any atom is 0.372 e. The predicted octanol–water partition coefficient (Wildman–Crippen LogP) is 3.34. The molecule has 2 atom stereocenters. The number of carbonyl (C=O) groups is 1. The molecular weight excluding hydrogens is 242 g/mol. The van der Waals surface area contributed by atoms with Gasteiger partial charge in [-0.1, -0.05) is 19.8 Å². The van der Waals surface area contributed by atoms with Gasteiger partial charge in [0.25, 0.3) is 0 Å². The van der Waals surface area contributed by atoms with Gasteiger partial charge in [0.1, 0.15) is 5.76 Å². The SMILES string of the molecule is Cc1cc(CNC2CCCC(C)CC2)oc1C(=O)O. The van der Waals surface area contributed by atoms with Crippen LogP contribution in [0.15, 0.2) is 10.5 Å². The van der Waals surface area contributed by atoms with E-state index < -0.39 is 5.97 Å². The molecule has 0 saturated heterocycles. The highest BCUT2D eigenvalue weighted by Gasteiger charge is 2.18. The average Bonchev–Trinajstić information content (AvgIpc) is 2.60. The Morgan fingerprint density at radius 2 is 2.21 bits per heavy atom. The highest BCUT2D eigenvalue weighted by molar-refractivity contribution is 5.86. The molecule has 2 rings (SSSR count). The third-order valence-corrected chi connectivity index (χ3v) is 3.99. The van der Waals surface area contributed by atoms with Crippen molar-refractivity contribution in [2.24, 2.45) is 5.92 Å². The van der Waals surface area contributed by atoms with Gasteiger partial charge in [0, 0.05) is 11.6 Å². The van der Waals surface area contributed by atoms with Gasteiger partial charge in [0.15, 0.2) is 0 Å². The van der Waals surface area contributed by atoms with E-state index >= 15 is 0 Å². The second-order valence-corrected chi connectivity index (χ2v) is 5.72. The van der Waals surface area contributed by atoms with E-state index in [2.05, 4.69) is 12.2 Å². The van der Waals surface area contributed by atoms with Crippen LogP contribution in [0.2, 0.25) is 0 Å². The van der Waals surface area contributed by atoms with Crippen molar-refractivity contribution in [1.29, 1.82) is 0 Å². The molecule has 1 heterocycles. The Labute approximate surface area is 114 Å². The third-order valence-electron chi connectivity index (χ3n) is 3.99. The number of rotatable bonds is 4. The molecule has 1 aromatic heterocycles. The molecule has 0 spiro atoms. The van der Waals surface area contributed by atoms with E-state index in [1.165, 1.54) is 32.1 Å². The quantitative estimate of drug-likeness (QED) is 0.820. The first-order valence-corrected chi connectivity index (χ1v) is 7.12. The van der Waals surface area contributed by atoms with Gasteiger partial charge in [-0.3, -0.25) is 0 Å². The van der Waals surface area contributed by atoms with Crippen LogP contribution >= 0.6 is 0 Å². The normalized spacial score (nSPS) is 24.1. The smallest absolute Gasteiger partial charge is 0.372 e. The van der Waals surface area contributed by atoms with Crippen LogP contribution in [0.5, 0.6) is 0 Å². The van der Waals surface area contributed by atoms with Crippen LogP contribution in [-0.4, -0.2) is 17.1 Å². The fraction of sp³-hybridized carbons (Fsp3) is 0.667. The minimum Gasteiger partial charge on any atom is -0.475 e. The van der Waals surface area contributed by atoms with Crippen molar-refractivity contribution in [3.8, 4) is 0 Å². The van der Waals surface area contributed by atoms with Gasteiger partial charge in [-0.05, 0) is 38.2 Å². The number of nitrogens with one attached hydrogen (secondary N) is 1. The lowest BCUT2D eigenvalue weighted by Gasteiger charge is -2.15. The summed E-state index contributed by atoms with van der Waals surface area (Å²) in [5.74, 6) is 0.613. The largest absolute Gasteiger partial charge is 0.475 e. The van der Waals surface area contributed by atoms with E-state index in [9.17, 15) is 4.79 Å². The van der Waals surface area contributed by atoms with Crippen molar-refractivity contribution < 1.29 is 14.3 Å². The second kappa shape index (κ2) is 6.24. The van der Waals surface area contributed by atoms with Gasteiger partial charge in [-0.25, -0.2) is 4.79 Å². The van der Waals surface area contributed by atoms with Crippen LogP contribution in [0.4, 0.5) is 0 Å². The molecule has 4 heteroatoms. The molecule has 1 aromatic rings. The number of furan rings is 1. The number of hydrogen-bond donors (Lipinski definition) is 2. The Bertz CT molecular complexity index is 439. The predicted molar refractivity (Wildman–Crippen MR) is 73.3 cm³/mol. The Kier molecular flexibility index (Phi) is 4.64. The molecule has 1 saturated carbocycles. The molecule has 0 radical (unpaired) electrons. The summed E-state index contributed by atoms with van der Waals surface area (Å²) in [5.41, 5.74) is 0.693. The van der Waals surface area contributed by atoms with Gasteiger partial charge in [-0.2, -0.15) is 0 Å². The molecule has 0 aliphatic heterocycles. The van der Waals surface area contributed by atoms with Crippen molar-refractivity contribution in [2.75, 3.05) is 0 Å². The topological polar surface area (TPSA) is 62.5 Å². The maximum atomic E-state index is 10.9. The molecule has 0 aromatic carbocycles. The Balaban J connectivity index is 1.88. The van der Waals surface area contributed by atoms with E-state index in [1.807, 2.05) is 6.07 Å². The summed E-state index contributed by atoms with van der Waals surface area (Å²) >= 11 is 0.